The average Bonchev–Trinajstić information content (AvgIpc) is 3.51. The van der Waals surface area contributed by atoms with E-state index in [1.807, 2.05) is 40.5 Å². The third kappa shape index (κ3) is 2.80. The molecule has 0 saturated heterocycles. The fraction of sp³-hybridized carbons (Fsp3) is 0.333. The van der Waals surface area contributed by atoms with Crippen LogP contribution in [0.5, 0.6) is 0 Å². The predicted molar refractivity (Wildman–Crippen MR) is 117 cm³/mol. The Bertz CT molecular complexity index is 1390. The van der Waals surface area contributed by atoms with Gasteiger partial charge in [-0.05, 0) is 48.6 Å². The van der Waals surface area contributed by atoms with E-state index in [1.165, 1.54) is 24.0 Å². The minimum Gasteiger partial charge on any atom is -0.330 e. The molecule has 0 radical (unpaired) electrons. The van der Waals surface area contributed by atoms with Gasteiger partial charge >= 0.3 is 0 Å². The van der Waals surface area contributed by atoms with Crippen LogP contribution < -0.4 is 5.56 Å². The number of fused-ring (bicyclic) bond motifs is 4. The largest absolute Gasteiger partial charge is 0.330 e. The molecule has 2 aliphatic rings. The van der Waals surface area contributed by atoms with Crippen molar-refractivity contribution < 1.29 is 4.79 Å². The number of nitrogens with one attached hydrogen (secondary N) is 1. The van der Waals surface area contributed by atoms with Gasteiger partial charge in [0, 0.05) is 24.6 Å². The summed E-state index contributed by atoms with van der Waals surface area (Å²) in [4.78, 5) is 30.9. The summed E-state index contributed by atoms with van der Waals surface area (Å²) in [6, 6.07) is 11.9. The second-order valence-electron chi connectivity index (χ2n) is 8.77. The number of rotatable bonds is 2. The number of benzene rings is 2. The van der Waals surface area contributed by atoms with Crippen molar-refractivity contribution >= 4 is 22.6 Å². The Hall–Kier alpha value is -3.48. The van der Waals surface area contributed by atoms with Crippen LogP contribution in [0.15, 0.2) is 41.2 Å². The zero-order valence-electron chi connectivity index (χ0n) is 17.4. The summed E-state index contributed by atoms with van der Waals surface area (Å²) in [7, 11) is 0. The van der Waals surface area contributed by atoms with E-state index >= 15 is 0 Å². The van der Waals surface area contributed by atoms with Gasteiger partial charge in [-0.1, -0.05) is 37.1 Å². The molecule has 1 aliphatic carbocycles. The number of H-pyrrole nitrogens is 1. The number of aryl methyl sites for hydroxylation is 1. The van der Waals surface area contributed by atoms with Crippen molar-refractivity contribution in [2.24, 2.45) is 0 Å². The van der Waals surface area contributed by atoms with E-state index in [2.05, 4.69) is 27.3 Å². The van der Waals surface area contributed by atoms with Crippen molar-refractivity contribution in [3.8, 4) is 0 Å². The first-order valence-corrected chi connectivity index (χ1v) is 10.9. The number of carbonyl (C=O) groups is 1. The molecule has 0 atom stereocenters. The first-order chi connectivity index (χ1) is 15.1. The fourth-order valence-electron chi connectivity index (χ4n) is 5.16. The van der Waals surface area contributed by atoms with Gasteiger partial charge in [0.2, 0.25) is 5.65 Å². The standard InChI is InChI=1S/C24H23N5O2/c1-14-10-20-19(11-18(14)24(31)28-12-16-8-4-5-9-17(16)13-28)25-23(30)22-27-26-21(29(20)22)15-6-2-3-7-15/h4-5,8-11,15H,2-3,6-7,12-13H2,1H3,(H,25,30). The van der Waals surface area contributed by atoms with Crippen molar-refractivity contribution in [1.29, 1.82) is 0 Å². The van der Waals surface area contributed by atoms with Crippen LogP contribution in [0.25, 0.3) is 16.7 Å². The maximum Gasteiger partial charge on any atom is 0.294 e. The minimum absolute atomic E-state index is 0.0173. The molecule has 2 aromatic carbocycles. The summed E-state index contributed by atoms with van der Waals surface area (Å²) in [5, 5.41) is 8.56. The van der Waals surface area contributed by atoms with E-state index < -0.39 is 0 Å². The van der Waals surface area contributed by atoms with Gasteiger partial charge in [0.15, 0.2) is 0 Å². The summed E-state index contributed by atoms with van der Waals surface area (Å²) in [5.74, 6) is 1.16. The Kier molecular flexibility index (Phi) is 4.00. The molecular weight excluding hydrogens is 390 g/mol. The quantitative estimate of drug-likeness (QED) is 0.543. The molecule has 2 aromatic heterocycles. The highest BCUT2D eigenvalue weighted by molar-refractivity contribution is 5.99. The molecule has 6 rings (SSSR count). The average molecular weight is 413 g/mol. The molecule has 7 heteroatoms. The van der Waals surface area contributed by atoms with Crippen LogP contribution in [0, 0.1) is 6.92 Å². The number of hydrogen-bond donors (Lipinski definition) is 1. The normalized spacial score (nSPS) is 16.5. The smallest absolute Gasteiger partial charge is 0.294 e. The lowest BCUT2D eigenvalue weighted by Gasteiger charge is -2.18. The summed E-state index contributed by atoms with van der Waals surface area (Å²) < 4.78 is 1.90. The number of nitrogens with zero attached hydrogens (tertiary/aromatic N) is 4. The fourth-order valence-corrected chi connectivity index (χ4v) is 5.16. The Morgan fingerprint density at radius 1 is 1.06 bits per heavy atom. The van der Waals surface area contributed by atoms with Gasteiger partial charge in [-0.15, -0.1) is 10.2 Å². The SMILES string of the molecule is Cc1cc2c(cc1C(=O)N1Cc3ccccc3C1)[nH]c(=O)c1nnc(C3CCCC3)n12. The summed E-state index contributed by atoms with van der Waals surface area (Å²) >= 11 is 0. The molecular formula is C24H23N5O2. The molecule has 3 heterocycles. The monoisotopic (exact) mass is 413 g/mol. The van der Waals surface area contributed by atoms with Crippen molar-refractivity contribution in [1.82, 2.24) is 24.5 Å². The highest BCUT2D eigenvalue weighted by atomic mass is 16.2. The van der Waals surface area contributed by atoms with Crippen LogP contribution >= 0.6 is 0 Å². The Morgan fingerprint density at radius 2 is 1.77 bits per heavy atom. The molecule has 156 valence electrons. The molecule has 1 fully saturated rings. The van der Waals surface area contributed by atoms with Crippen molar-refractivity contribution in [2.45, 2.75) is 51.6 Å². The minimum atomic E-state index is -0.278. The van der Waals surface area contributed by atoms with E-state index in [-0.39, 0.29) is 11.5 Å². The first-order valence-electron chi connectivity index (χ1n) is 10.9. The molecule has 1 amide bonds. The van der Waals surface area contributed by atoms with Crippen molar-refractivity contribution in [3.05, 3.63) is 74.8 Å². The lowest BCUT2D eigenvalue weighted by atomic mass is 10.0. The van der Waals surface area contributed by atoms with E-state index in [9.17, 15) is 9.59 Å². The summed E-state index contributed by atoms with van der Waals surface area (Å²) in [6.07, 6.45) is 4.49. The van der Waals surface area contributed by atoms with Gasteiger partial charge in [0.1, 0.15) is 5.82 Å². The number of aromatic amines is 1. The van der Waals surface area contributed by atoms with Gasteiger partial charge < -0.3 is 9.88 Å². The summed E-state index contributed by atoms with van der Waals surface area (Å²) in [6.45, 7) is 3.17. The molecule has 31 heavy (non-hydrogen) atoms. The van der Waals surface area contributed by atoms with Crippen molar-refractivity contribution in [3.63, 3.8) is 0 Å². The van der Waals surface area contributed by atoms with Crippen LogP contribution in [0.4, 0.5) is 0 Å². The van der Waals surface area contributed by atoms with Gasteiger partial charge in [-0.3, -0.25) is 14.0 Å². The van der Waals surface area contributed by atoms with Crippen LogP contribution in [-0.2, 0) is 13.1 Å². The van der Waals surface area contributed by atoms with Gasteiger partial charge in [0.05, 0.1) is 11.0 Å². The van der Waals surface area contributed by atoms with Crippen LogP contribution in [0.1, 0.15) is 64.5 Å². The third-order valence-electron chi connectivity index (χ3n) is 6.80. The van der Waals surface area contributed by atoms with E-state index in [4.69, 9.17) is 0 Å². The Balaban J connectivity index is 1.47. The highest BCUT2D eigenvalue weighted by Crippen LogP contribution is 2.34. The molecule has 1 aliphatic heterocycles. The summed E-state index contributed by atoms with van der Waals surface area (Å²) in [5.41, 5.74) is 5.41. The van der Waals surface area contributed by atoms with E-state index in [0.717, 1.165) is 29.7 Å². The molecule has 0 bridgehead atoms. The zero-order valence-corrected chi connectivity index (χ0v) is 17.4. The van der Waals surface area contributed by atoms with Crippen LogP contribution in [-0.4, -0.2) is 30.4 Å². The topological polar surface area (TPSA) is 83.4 Å². The molecule has 1 N–H and O–H groups in total. The molecule has 0 spiro atoms. The Morgan fingerprint density at radius 3 is 2.48 bits per heavy atom. The maximum absolute atomic E-state index is 13.4. The molecule has 0 unspecified atom stereocenters. The molecule has 4 aromatic rings. The van der Waals surface area contributed by atoms with E-state index in [1.54, 1.807) is 0 Å². The Labute approximate surface area is 178 Å². The van der Waals surface area contributed by atoms with Crippen LogP contribution in [0.3, 0.4) is 0 Å². The lowest BCUT2D eigenvalue weighted by molar-refractivity contribution is 0.0751. The van der Waals surface area contributed by atoms with Gasteiger partial charge in [0.25, 0.3) is 11.5 Å². The number of carbonyl (C=O) groups excluding carboxylic acids is 1. The third-order valence-corrected chi connectivity index (χ3v) is 6.80. The number of amides is 1. The highest BCUT2D eigenvalue weighted by Gasteiger charge is 2.27. The van der Waals surface area contributed by atoms with Crippen molar-refractivity contribution in [2.75, 3.05) is 0 Å². The van der Waals surface area contributed by atoms with E-state index in [0.29, 0.717) is 35.7 Å². The maximum atomic E-state index is 13.4. The van der Waals surface area contributed by atoms with Crippen LogP contribution in [0.2, 0.25) is 0 Å². The first kappa shape index (κ1) is 18.3. The van der Waals surface area contributed by atoms with Gasteiger partial charge in [-0.25, -0.2) is 0 Å². The number of hydrogen-bond acceptors (Lipinski definition) is 4. The number of aromatic nitrogens is 4. The van der Waals surface area contributed by atoms with Gasteiger partial charge in [-0.2, -0.15) is 0 Å². The predicted octanol–water partition coefficient (Wildman–Crippen LogP) is 3.69. The molecule has 1 saturated carbocycles. The second-order valence-corrected chi connectivity index (χ2v) is 8.77. The zero-order chi connectivity index (χ0) is 21.1. The lowest BCUT2D eigenvalue weighted by Crippen LogP contribution is -2.26. The second kappa shape index (κ2) is 6.77. The molecule has 7 nitrogen and oxygen atoms in total.